The van der Waals surface area contributed by atoms with Crippen LogP contribution in [0.25, 0.3) is 10.9 Å². The lowest BCUT2D eigenvalue weighted by Crippen LogP contribution is -2.05. The van der Waals surface area contributed by atoms with Gasteiger partial charge in [0, 0.05) is 27.8 Å². The van der Waals surface area contributed by atoms with E-state index in [0.29, 0.717) is 38.0 Å². The third-order valence-electron chi connectivity index (χ3n) is 3.73. The molecule has 0 saturated heterocycles. The van der Waals surface area contributed by atoms with E-state index >= 15 is 0 Å². The number of carbonyl (C=O) groups is 1. The molecule has 0 atom stereocenters. The van der Waals surface area contributed by atoms with Crippen LogP contribution in [-0.2, 0) is 0 Å². The molecule has 27 heavy (non-hydrogen) atoms. The highest BCUT2D eigenvalue weighted by Crippen LogP contribution is 2.35. The molecule has 0 bridgehead atoms. The van der Waals surface area contributed by atoms with Crippen molar-refractivity contribution in [2.24, 2.45) is 0 Å². The second-order valence-corrected chi connectivity index (χ2v) is 6.37. The van der Waals surface area contributed by atoms with Crippen molar-refractivity contribution in [2.75, 3.05) is 10.6 Å². The van der Waals surface area contributed by atoms with Gasteiger partial charge in [-0.3, -0.25) is 4.98 Å². The van der Waals surface area contributed by atoms with Crippen molar-refractivity contribution >= 4 is 63.4 Å². The number of carboxylic acids is 1. The van der Waals surface area contributed by atoms with Gasteiger partial charge in [0.05, 0.1) is 34.3 Å². The maximum atomic E-state index is 11.6. The minimum atomic E-state index is -1.10. The molecular formula is C19H14Cl2N4O2. The summed E-state index contributed by atoms with van der Waals surface area (Å²) in [6.45, 7) is 0. The summed E-state index contributed by atoms with van der Waals surface area (Å²) in [5.41, 5.74) is 2.29. The SMILES string of the molecule is N=C/C=C\Nc1cnc2ccc(Cl)cc2c1Nc1ccc(Cl)cc1C(=O)O. The number of anilines is 3. The maximum Gasteiger partial charge on any atom is 0.337 e. The molecule has 0 aliphatic carbocycles. The third kappa shape index (κ3) is 4.19. The summed E-state index contributed by atoms with van der Waals surface area (Å²) in [4.78, 5) is 16.0. The standard InChI is InChI=1S/C19H14Cl2N4O2/c20-11-2-4-15-13(8-11)18(17(10-24-15)23-7-1-6-22)25-16-5-3-12(21)9-14(16)19(26)27/h1-10,22-23H,(H,24,25)(H,26,27)/b7-1-,22-6?. The van der Waals surface area contributed by atoms with E-state index in [0.717, 1.165) is 6.21 Å². The quantitative estimate of drug-likeness (QED) is 0.406. The number of halogens is 2. The van der Waals surface area contributed by atoms with Gasteiger partial charge in [0.2, 0.25) is 0 Å². The number of aromatic carboxylic acids is 1. The average molecular weight is 401 g/mol. The van der Waals surface area contributed by atoms with Crippen LogP contribution in [0.4, 0.5) is 17.1 Å². The van der Waals surface area contributed by atoms with Crippen LogP contribution in [0.2, 0.25) is 10.0 Å². The van der Waals surface area contributed by atoms with Crippen molar-refractivity contribution in [2.45, 2.75) is 0 Å². The van der Waals surface area contributed by atoms with Crippen LogP contribution in [-0.4, -0.2) is 22.3 Å². The zero-order chi connectivity index (χ0) is 19.4. The van der Waals surface area contributed by atoms with Crippen molar-refractivity contribution < 1.29 is 9.90 Å². The summed E-state index contributed by atoms with van der Waals surface area (Å²) in [7, 11) is 0. The van der Waals surface area contributed by atoms with E-state index in [1.165, 1.54) is 12.1 Å². The lowest BCUT2D eigenvalue weighted by atomic mass is 10.1. The van der Waals surface area contributed by atoms with E-state index in [1.807, 2.05) is 0 Å². The van der Waals surface area contributed by atoms with Gasteiger partial charge in [0.25, 0.3) is 0 Å². The van der Waals surface area contributed by atoms with Crippen LogP contribution < -0.4 is 10.6 Å². The number of carboxylic acid groups (broad SMARTS) is 1. The Bertz CT molecular complexity index is 1070. The smallest absolute Gasteiger partial charge is 0.337 e. The number of nitrogens with zero attached hydrogens (tertiary/aromatic N) is 1. The lowest BCUT2D eigenvalue weighted by molar-refractivity contribution is 0.0698. The second kappa shape index (κ2) is 8.07. The molecule has 1 aromatic heterocycles. The van der Waals surface area contributed by atoms with E-state index in [4.69, 9.17) is 28.6 Å². The number of pyridine rings is 1. The van der Waals surface area contributed by atoms with E-state index in [2.05, 4.69) is 15.6 Å². The first-order chi connectivity index (χ1) is 13.0. The molecule has 0 aliphatic rings. The first-order valence-electron chi connectivity index (χ1n) is 7.80. The highest BCUT2D eigenvalue weighted by atomic mass is 35.5. The molecule has 0 saturated carbocycles. The summed E-state index contributed by atoms with van der Waals surface area (Å²) in [5.74, 6) is -1.10. The van der Waals surface area contributed by atoms with Gasteiger partial charge in [0.1, 0.15) is 0 Å². The number of rotatable bonds is 6. The van der Waals surface area contributed by atoms with Crippen molar-refractivity contribution in [3.63, 3.8) is 0 Å². The molecule has 0 fully saturated rings. The van der Waals surface area contributed by atoms with Crippen LogP contribution in [0.3, 0.4) is 0 Å². The fourth-order valence-corrected chi connectivity index (χ4v) is 2.88. The van der Waals surface area contributed by atoms with Crippen LogP contribution in [0.15, 0.2) is 54.9 Å². The largest absolute Gasteiger partial charge is 0.478 e. The summed E-state index contributed by atoms with van der Waals surface area (Å²) >= 11 is 12.1. The molecule has 0 spiro atoms. The predicted molar refractivity (Wildman–Crippen MR) is 110 cm³/mol. The molecule has 0 radical (unpaired) electrons. The Kier molecular flexibility index (Phi) is 5.59. The predicted octanol–water partition coefficient (Wildman–Crippen LogP) is 5.56. The molecule has 8 heteroatoms. The number of allylic oxidation sites excluding steroid dienone is 1. The highest BCUT2D eigenvalue weighted by molar-refractivity contribution is 6.32. The van der Waals surface area contributed by atoms with Gasteiger partial charge in [-0.25, -0.2) is 4.79 Å². The Morgan fingerprint density at radius 3 is 2.59 bits per heavy atom. The molecule has 2 aromatic carbocycles. The molecule has 4 N–H and O–H groups in total. The molecule has 0 aliphatic heterocycles. The van der Waals surface area contributed by atoms with Gasteiger partial charge >= 0.3 is 5.97 Å². The van der Waals surface area contributed by atoms with E-state index in [9.17, 15) is 9.90 Å². The van der Waals surface area contributed by atoms with Crippen molar-refractivity contribution in [3.8, 4) is 0 Å². The van der Waals surface area contributed by atoms with Gasteiger partial charge in [-0.05, 0) is 42.5 Å². The van der Waals surface area contributed by atoms with Gasteiger partial charge in [-0.1, -0.05) is 23.2 Å². The molecule has 6 nitrogen and oxygen atoms in total. The number of hydrogen-bond acceptors (Lipinski definition) is 5. The van der Waals surface area contributed by atoms with Crippen LogP contribution in [0.5, 0.6) is 0 Å². The fourth-order valence-electron chi connectivity index (χ4n) is 2.53. The first-order valence-corrected chi connectivity index (χ1v) is 8.55. The van der Waals surface area contributed by atoms with Crippen molar-refractivity contribution in [1.82, 2.24) is 4.98 Å². The van der Waals surface area contributed by atoms with Crippen LogP contribution in [0, 0.1) is 5.41 Å². The zero-order valence-corrected chi connectivity index (χ0v) is 15.3. The number of benzene rings is 2. The second-order valence-electron chi connectivity index (χ2n) is 5.50. The molecule has 136 valence electrons. The minimum absolute atomic E-state index is 0.0375. The molecule has 0 unspecified atom stereocenters. The summed E-state index contributed by atoms with van der Waals surface area (Å²) < 4.78 is 0. The summed E-state index contributed by atoms with van der Waals surface area (Å²) in [5, 5.41) is 24.3. The normalized spacial score (nSPS) is 10.9. The number of nitrogens with one attached hydrogen (secondary N) is 3. The highest BCUT2D eigenvalue weighted by Gasteiger charge is 2.15. The maximum absolute atomic E-state index is 11.6. The average Bonchev–Trinajstić information content (AvgIpc) is 2.64. The molecule has 0 amide bonds. The molecular weight excluding hydrogens is 387 g/mol. The Balaban J connectivity index is 2.17. The van der Waals surface area contributed by atoms with Crippen molar-refractivity contribution in [1.29, 1.82) is 5.41 Å². The van der Waals surface area contributed by atoms with E-state index < -0.39 is 5.97 Å². The van der Waals surface area contributed by atoms with E-state index in [1.54, 1.807) is 42.7 Å². The molecule has 3 rings (SSSR count). The molecule has 3 aromatic rings. The Morgan fingerprint density at radius 1 is 1.11 bits per heavy atom. The van der Waals surface area contributed by atoms with Gasteiger partial charge < -0.3 is 21.1 Å². The summed E-state index contributed by atoms with van der Waals surface area (Å²) in [6, 6.07) is 9.83. The summed E-state index contributed by atoms with van der Waals surface area (Å²) in [6.07, 6.45) is 5.83. The molecule has 1 heterocycles. The Hall–Kier alpha value is -3.09. The fraction of sp³-hybridized carbons (Fsp3) is 0. The van der Waals surface area contributed by atoms with Gasteiger partial charge in [-0.2, -0.15) is 0 Å². The van der Waals surface area contributed by atoms with Gasteiger partial charge in [-0.15, -0.1) is 0 Å². The van der Waals surface area contributed by atoms with Crippen molar-refractivity contribution in [3.05, 3.63) is 70.5 Å². The monoisotopic (exact) mass is 400 g/mol. The topological polar surface area (TPSA) is 98.1 Å². The number of aromatic nitrogens is 1. The van der Waals surface area contributed by atoms with Crippen LogP contribution >= 0.6 is 23.2 Å². The minimum Gasteiger partial charge on any atom is -0.478 e. The van der Waals surface area contributed by atoms with E-state index in [-0.39, 0.29) is 5.56 Å². The first kappa shape index (κ1) is 18.7. The van der Waals surface area contributed by atoms with Gasteiger partial charge in [0.15, 0.2) is 0 Å². The van der Waals surface area contributed by atoms with Crippen LogP contribution in [0.1, 0.15) is 10.4 Å². The zero-order valence-electron chi connectivity index (χ0n) is 13.8. The number of hydrogen-bond donors (Lipinski definition) is 4. The third-order valence-corrected chi connectivity index (χ3v) is 4.20. The Labute approximate surface area is 165 Å². The Morgan fingerprint density at radius 2 is 1.85 bits per heavy atom. The number of fused-ring (bicyclic) bond motifs is 1. The lowest BCUT2D eigenvalue weighted by Gasteiger charge is -2.16.